The summed E-state index contributed by atoms with van der Waals surface area (Å²) in [6.07, 6.45) is 0.994. The summed E-state index contributed by atoms with van der Waals surface area (Å²) in [5.41, 5.74) is 9.67. The van der Waals surface area contributed by atoms with Gasteiger partial charge in [0.15, 0.2) is 0 Å². The van der Waals surface area contributed by atoms with Crippen molar-refractivity contribution in [3.8, 4) is 5.75 Å². The van der Waals surface area contributed by atoms with Gasteiger partial charge in [-0.3, -0.25) is 0 Å². The Balaban J connectivity index is 3.34. The lowest BCUT2D eigenvalue weighted by atomic mass is 9.90. The van der Waals surface area contributed by atoms with E-state index in [0.717, 1.165) is 12.2 Å². The van der Waals surface area contributed by atoms with Gasteiger partial charge >= 0.3 is 0 Å². The molecule has 17 heavy (non-hydrogen) atoms. The lowest BCUT2D eigenvalue weighted by Crippen LogP contribution is -2.10. The summed E-state index contributed by atoms with van der Waals surface area (Å²) in [5, 5.41) is 0. The zero-order valence-electron chi connectivity index (χ0n) is 11.7. The monoisotopic (exact) mass is 235 g/mol. The van der Waals surface area contributed by atoms with Crippen molar-refractivity contribution in [3.05, 3.63) is 28.8 Å². The van der Waals surface area contributed by atoms with Crippen LogP contribution in [-0.4, -0.2) is 13.7 Å². The van der Waals surface area contributed by atoms with Gasteiger partial charge in [-0.15, -0.1) is 0 Å². The molecule has 0 fully saturated rings. The first-order valence-electron chi connectivity index (χ1n) is 6.45. The number of hydrogen-bond acceptors (Lipinski definition) is 2. The van der Waals surface area contributed by atoms with Crippen molar-refractivity contribution < 1.29 is 4.74 Å². The zero-order chi connectivity index (χ0) is 13.0. The average Bonchev–Trinajstić information content (AvgIpc) is 2.35. The van der Waals surface area contributed by atoms with Crippen LogP contribution in [0.15, 0.2) is 12.1 Å². The van der Waals surface area contributed by atoms with Gasteiger partial charge in [0.2, 0.25) is 0 Å². The summed E-state index contributed by atoms with van der Waals surface area (Å²) in [6.45, 7) is 9.43. The van der Waals surface area contributed by atoms with Crippen molar-refractivity contribution in [2.24, 2.45) is 5.73 Å². The van der Waals surface area contributed by atoms with E-state index < -0.39 is 0 Å². The number of benzene rings is 1. The minimum Gasteiger partial charge on any atom is -0.496 e. The predicted octanol–water partition coefficient (Wildman–Crippen LogP) is 3.44. The first-order chi connectivity index (χ1) is 8.04. The third kappa shape index (κ3) is 3.01. The molecule has 1 atom stereocenters. The topological polar surface area (TPSA) is 35.2 Å². The van der Waals surface area contributed by atoms with Crippen LogP contribution in [-0.2, 0) is 6.42 Å². The van der Waals surface area contributed by atoms with Gasteiger partial charge < -0.3 is 10.5 Å². The molecule has 0 aliphatic rings. The Kier molecular flexibility index (Phi) is 5.01. The quantitative estimate of drug-likeness (QED) is 0.848. The van der Waals surface area contributed by atoms with Gasteiger partial charge in [-0.2, -0.15) is 0 Å². The fourth-order valence-electron chi connectivity index (χ4n) is 2.10. The smallest absolute Gasteiger partial charge is 0.125 e. The third-order valence-electron chi connectivity index (χ3n) is 3.35. The Labute approximate surface area is 105 Å². The lowest BCUT2D eigenvalue weighted by Gasteiger charge is -2.19. The highest BCUT2D eigenvalue weighted by Crippen LogP contribution is 2.33. The number of rotatable bonds is 5. The highest BCUT2D eigenvalue weighted by Gasteiger charge is 2.15. The van der Waals surface area contributed by atoms with Crippen molar-refractivity contribution in [2.45, 2.75) is 46.0 Å². The first kappa shape index (κ1) is 14.0. The molecule has 1 unspecified atom stereocenters. The number of aryl methyl sites for hydroxylation is 1. The SMILES string of the molecule is CCc1cc(C(C)CN)cc(C(C)C)c1OC. The van der Waals surface area contributed by atoms with Crippen LogP contribution in [0.1, 0.15) is 56.2 Å². The molecule has 0 radical (unpaired) electrons. The summed E-state index contributed by atoms with van der Waals surface area (Å²) in [4.78, 5) is 0. The molecule has 0 aliphatic heterocycles. The van der Waals surface area contributed by atoms with Crippen LogP contribution in [0.25, 0.3) is 0 Å². The molecule has 0 aliphatic carbocycles. The molecule has 1 rings (SSSR count). The average molecular weight is 235 g/mol. The van der Waals surface area contributed by atoms with Crippen molar-refractivity contribution in [2.75, 3.05) is 13.7 Å². The Morgan fingerprint density at radius 2 is 1.88 bits per heavy atom. The van der Waals surface area contributed by atoms with Gasteiger partial charge in [0.1, 0.15) is 5.75 Å². The molecule has 0 saturated carbocycles. The van der Waals surface area contributed by atoms with Gasteiger partial charge in [0.25, 0.3) is 0 Å². The second-order valence-electron chi connectivity index (χ2n) is 4.95. The molecule has 0 bridgehead atoms. The molecular formula is C15H25NO. The molecule has 2 heteroatoms. The maximum Gasteiger partial charge on any atom is 0.125 e. The molecule has 0 amide bonds. The standard InChI is InChI=1S/C15H25NO/c1-6-12-7-13(11(4)9-16)8-14(10(2)3)15(12)17-5/h7-8,10-11H,6,9,16H2,1-5H3. The van der Waals surface area contributed by atoms with E-state index in [-0.39, 0.29) is 0 Å². The van der Waals surface area contributed by atoms with Crippen LogP contribution in [0, 0.1) is 0 Å². The van der Waals surface area contributed by atoms with Crippen LogP contribution < -0.4 is 10.5 Å². The Morgan fingerprint density at radius 3 is 2.29 bits per heavy atom. The number of ether oxygens (including phenoxy) is 1. The molecule has 1 aromatic carbocycles. The van der Waals surface area contributed by atoms with E-state index in [2.05, 4.69) is 39.8 Å². The predicted molar refractivity (Wildman–Crippen MR) is 73.9 cm³/mol. The van der Waals surface area contributed by atoms with Crippen molar-refractivity contribution in [3.63, 3.8) is 0 Å². The first-order valence-corrected chi connectivity index (χ1v) is 6.45. The molecule has 2 nitrogen and oxygen atoms in total. The summed E-state index contributed by atoms with van der Waals surface area (Å²) >= 11 is 0. The molecular weight excluding hydrogens is 210 g/mol. The maximum atomic E-state index is 5.76. The highest BCUT2D eigenvalue weighted by atomic mass is 16.5. The van der Waals surface area contributed by atoms with E-state index in [1.165, 1.54) is 16.7 Å². The van der Waals surface area contributed by atoms with Crippen LogP contribution in [0.5, 0.6) is 5.75 Å². The normalized spacial score (nSPS) is 12.9. The second kappa shape index (κ2) is 6.06. The number of methoxy groups -OCH3 is 1. The van der Waals surface area contributed by atoms with Gasteiger partial charge in [0.05, 0.1) is 7.11 Å². The van der Waals surface area contributed by atoms with Crippen LogP contribution in [0.4, 0.5) is 0 Å². The molecule has 0 saturated heterocycles. The van der Waals surface area contributed by atoms with Crippen LogP contribution in [0.3, 0.4) is 0 Å². The largest absolute Gasteiger partial charge is 0.496 e. The minimum atomic E-state index is 0.406. The highest BCUT2D eigenvalue weighted by molar-refractivity contribution is 5.47. The Morgan fingerprint density at radius 1 is 1.24 bits per heavy atom. The third-order valence-corrected chi connectivity index (χ3v) is 3.35. The molecule has 1 aromatic rings. The van der Waals surface area contributed by atoms with Crippen LogP contribution >= 0.6 is 0 Å². The van der Waals surface area contributed by atoms with Gasteiger partial charge in [0, 0.05) is 0 Å². The maximum absolute atomic E-state index is 5.76. The van der Waals surface area contributed by atoms with E-state index in [9.17, 15) is 0 Å². The molecule has 0 spiro atoms. The second-order valence-corrected chi connectivity index (χ2v) is 4.95. The van der Waals surface area contributed by atoms with Crippen LogP contribution in [0.2, 0.25) is 0 Å². The van der Waals surface area contributed by atoms with Gasteiger partial charge in [-0.1, -0.05) is 39.8 Å². The fraction of sp³-hybridized carbons (Fsp3) is 0.600. The van der Waals surface area contributed by atoms with E-state index in [1.54, 1.807) is 7.11 Å². The van der Waals surface area contributed by atoms with Gasteiger partial charge in [-0.05, 0) is 41.5 Å². The Hall–Kier alpha value is -1.02. The molecule has 2 N–H and O–H groups in total. The zero-order valence-corrected chi connectivity index (χ0v) is 11.7. The van der Waals surface area contributed by atoms with Gasteiger partial charge in [-0.25, -0.2) is 0 Å². The summed E-state index contributed by atoms with van der Waals surface area (Å²) < 4.78 is 5.57. The summed E-state index contributed by atoms with van der Waals surface area (Å²) in [5.74, 6) is 1.93. The van der Waals surface area contributed by atoms with E-state index >= 15 is 0 Å². The summed E-state index contributed by atoms with van der Waals surface area (Å²) in [7, 11) is 1.76. The minimum absolute atomic E-state index is 0.406. The molecule has 0 aromatic heterocycles. The fourth-order valence-corrected chi connectivity index (χ4v) is 2.10. The van der Waals surface area contributed by atoms with E-state index in [1.807, 2.05) is 0 Å². The molecule has 96 valence electrons. The summed E-state index contributed by atoms with van der Waals surface area (Å²) in [6, 6.07) is 4.49. The number of hydrogen-bond donors (Lipinski definition) is 1. The van der Waals surface area contributed by atoms with Crippen molar-refractivity contribution in [1.82, 2.24) is 0 Å². The molecule has 0 heterocycles. The Bertz CT molecular complexity index is 371. The van der Waals surface area contributed by atoms with E-state index in [0.29, 0.717) is 18.4 Å². The van der Waals surface area contributed by atoms with E-state index in [4.69, 9.17) is 10.5 Å². The lowest BCUT2D eigenvalue weighted by molar-refractivity contribution is 0.402. The number of nitrogens with two attached hydrogens (primary N) is 1. The van der Waals surface area contributed by atoms with Crippen molar-refractivity contribution >= 4 is 0 Å². The van der Waals surface area contributed by atoms with Crippen molar-refractivity contribution in [1.29, 1.82) is 0 Å².